The van der Waals surface area contributed by atoms with Gasteiger partial charge in [-0.3, -0.25) is 0 Å². The van der Waals surface area contributed by atoms with Gasteiger partial charge in [-0.15, -0.1) is 0 Å². The van der Waals surface area contributed by atoms with Crippen LogP contribution in [0.1, 0.15) is 32.0 Å². The summed E-state index contributed by atoms with van der Waals surface area (Å²) >= 11 is 0. The lowest BCUT2D eigenvalue weighted by Crippen LogP contribution is -2.33. The molecule has 0 aliphatic heterocycles. The third kappa shape index (κ3) is 6.49. The molecule has 6 heteroatoms. The summed E-state index contributed by atoms with van der Waals surface area (Å²) in [4.78, 5) is 15.9. The van der Waals surface area contributed by atoms with Gasteiger partial charge < -0.3 is 19.4 Å². The maximum atomic E-state index is 11.7. The molecule has 2 rings (SSSR count). The SMILES string of the molecule is COc1ccc(CCn2cncc2CCNC(=O)OC(C)(C)C)cc1. The van der Waals surface area contributed by atoms with Gasteiger partial charge in [0, 0.05) is 31.4 Å². The molecule has 0 aliphatic carbocycles. The molecule has 1 heterocycles. The van der Waals surface area contributed by atoms with Gasteiger partial charge >= 0.3 is 6.09 Å². The van der Waals surface area contributed by atoms with Crippen molar-refractivity contribution in [2.75, 3.05) is 13.7 Å². The van der Waals surface area contributed by atoms with E-state index in [1.807, 2.05) is 45.4 Å². The summed E-state index contributed by atoms with van der Waals surface area (Å²) in [5.41, 5.74) is 1.85. The maximum absolute atomic E-state index is 11.7. The highest BCUT2D eigenvalue weighted by atomic mass is 16.6. The largest absolute Gasteiger partial charge is 0.497 e. The Morgan fingerprint density at radius 2 is 1.92 bits per heavy atom. The number of aryl methyl sites for hydroxylation is 2. The molecule has 1 aromatic heterocycles. The second kappa shape index (κ2) is 8.55. The van der Waals surface area contributed by atoms with Gasteiger partial charge in [0.2, 0.25) is 0 Å². The molecule has 1 aromatic carbocycles. The summed E-state index contributed by atoms with van der Waals surface area (Å²) in [7, 11) is 1.66. The van der Waals surface area contributed by atoms with Crippen molar-refractivity contribution < 1.29 is 14.3 Å². The van der Waals surface area contributed by atoms with Crippen molar-refractivity contribution in [3.05, 3.63) is 48.0 Å². The second-order valence-corrected chi connectivity index (χ2v) is 6.86. The van der Waals surface area contributed by atoms with Crippen molar-refractivity contribution in [3.8, 4) is 5.75 Å². The number of benzene rings is 1. The molecule has 0 aliphatic rings. The molecule has 0 radical (unpaired) electrons. The van der Waals surface area contributed by atoms with E-state index in [2.05, 4.69) is 27.0 Å². The van der Waals surface area contributed by atoms with E-state index >= 15 is 0 Å². The van der Waals surface area contributed by atoms with Crippen molar-refractivity contribution in [2.24, 2.45) is 0 Å². The zero-order valence-corrected chi connectivity index (χ0v) is 15.4. The number of methoxy groups -OCH3 is 1. The number of rotatable bonds is 7. The van der Waals surface area contributed by atoms with E-state index in [4.69, 9.17) is 9.47 Å². The van der Waals surface area contributed by atoms with Crippen LogP contribution < -0.4 is 10.1 Å². The number of carbonyl (C=O) groups is 1. The second-order valence-electron chi connectivity index (χ2n) is 6.86. The molecule has 0 unspecified atom stereocenters. The Kier molecular flexibility index (Phi) is 6.44. The van der Waals surface area contributed by atoms with E-state index in [1.165, 1.54) is 5.56 Å². The van der Waals surface area contributed by atoms with E-state index in [0.29, 0.717) is 13.0 Å². The predicted molar refractivity (Wildman–Crippen MR) is 96.9 cm³/mol. The van der Waals surface area contributed by atoms with Crippen LogP contribution in [0.5, 0.6) is 5.75 Å². The van der Waals surface area contributed by atoms with E-state index < -0.39 is 11.7 Å². The van der Waals surface area contributed by atoms with Crippen molar-refractivity contribution in [1.82, 2.24) is 14.9 Å². The molecule has 6 nitrogen and oxygen atoms in total. The Morgan fingerprint density at radius 3 is 2.56 bits per heavy atom. The first-order valence-electron chi connectivity index (χ1n) is 8.46. The predicted octanol–water partition coefficient (Wildman–Crippen LogP) is 3.20. The Bertz CT molecular complexity index is 672. The molecule has 0 spiro atoms. The molecule has 136 valence electrons. The lowest BCUT2D eigenvalue weighted by Gasteiger charge is -2.19. The van der Waals surface area contributed by atoms with Crippen LogP contribution in [-0.2, 0) is 24.1 Å². The van der Waals surface area contributed by atoms with Crippen LogP contribution in [0.2, 0.25) is 0 Å². The van der Waals surface area contributed by atoms with Crippen LogP contribution in [-0.4, -0.2) is 34.9 Å². The molecule has 0 fully saturated rings. The van der Waals surface area contributed by atoms with E-state index in [-0.39, 0.29) is 0 Å². The molecule has 0 saturated carbocycles. The van der Waals surface area contributed by atoms with Gasteiger partial charge in [0.1, 0.15) is 11.4 Å². The molecular formula is C19H27N3O3. The average Bonchev–Trinajstić information content (AvgIpc) is 2.99. The zero-order chi connectivity index (χ0) is 18.3. The van der Waals surface area contributed by atoms with Gasteiger partial charge in [0.05, 0.1) is 13.4 Å². The van der Waals surface area contributed by atoms with Crippen molar-refractivity contribution >= 4 is 6.09 Å². The molecule has 25 heavy (non-hydrogen) atoms. The lowest BCUT2D eigenvalue weighted by atomic mass is 10.1. The number of hydrogen-bond donors (Lipinski definition) is 1. The van der Waals surface area contributed by atoms with Crippen LogP contribution in [0, 0.1) is 0 Å². The first-order chi connectivity index (χ1) is 11.9. The third-order valence-corrected chi connectivity index (χ3v) is 3.65. The highest BCUT2D eigenvalue weighted by Gasteiger charge is 2.15. The third-order valence-electron chi connectivity index (χ3n) is 3.65. The van der Waals surface area contributed by atoms with Crippen LogP contribution >= 0.6 is 0 Å². The fourth-order valence-electron chi connectivity index (χ4n) is 2.41. The number of ether oxygens (including phenoxy) is 2. The van der Waals surface area contributed by atoms with E-state index in [0.717, 1.165) is 24.4 Å². The van der Waals surface area contributed by atoms with Crippen LogP contribution in [0.15, 0.2) is 36.8 Å². The quantitative estimate of drug-likeness (QED) is 0.837. The Labute approximate surface area is 149 Å². The van der Waals surface area contributed by atoms with Gasteiger partial charge in [-0.25, -0.2) is 9.78 Å². The summed E-state index contributed by atoms with van der Waals surface area (Å²) in [6, 6.07) is 8.07. The fraction of sp³-hybridized carbons (Fsp3) is 0.474. The number of amides is 1. The highest BCUT2D eigenvalue weighted by molar-refractivity contribution is 5.67. The normalized spacial score (nSPS) is 11.2. The molecular weight excluding hydrogens is 318 g/mol. The molecule has 0 saturated heterocycles. The number of nitrogens with zero attached hydrogens (tertiary/aromatic N) is 2. The lowest BCUT2D eigenvalue weighted by molar-refractivity contribution is 0.0528. The first kappa shape index (κ1) is 18.8. The fourth-order valence-corrected chi connectivity index (χ4v) is 2.41. The van der Waals surface area contributed by atoms with E-state index in [1.54, 1.807) is 7.11 Å². The van der Waals surface area contributed by atoms with Crippen molar-refractivity contribution in [2.45, 2.75) is 45.8 Å². The Balaban J connectivity index is 1.80. The molecule has 1 amide bonds. The molecule has 0 bridgehead atoms. The molecule has 0 atom stereocenters. The molecule has 1 N–H and O–H groups in total. The summed E-state index contributed by atoms with van der Waals surface area (Å²) in [5, 5.41) is 2.77. The average molecular weight is 345 g/mol. The minimum absolute atomic E-state index is 0.392. The standard InChI is InChI=1S/C19H27N3O3/c1-19(2,3)25-18(23)21-11-9-16-13-20-14-22(16)12-10-15-5-7-17(24-4)8-6-15/h5-8,13-14H,9-12H2,1-4H3,(H,21,23). The Hall–Kier alpha value is -2.50. The Morgan fingerprint density at radius 1 is 1.20 bits per heavy atom. The highest BCUT2D eigenvalue weighted by Crippen LogP contribution is 2.13. The smallest absolute Gasteiger partial charge is 0.407 e. The first-order valence-corrected chi connectivity index (χ1v) is 8.46. The number of nitrogens with one attached hydrogen (secondary N) is 1. The number of carbonyl (C=O) groups excluding carboxylic acids is 1. The van der Waals surface area contributed by atoms with Crippen LogP contribution in [0.25, 0.3) is 0 Å². The van der Waals surface area contributed by atoms with Gasteiger partial charge in [-0.2, -0.15) is 0 Å². The summed E-state index contributed by atoms with van der Waals surface area (Å²) in [5.74, 6) is 0.861. The van der Waals surface area contributed by atoms with Gasteiger partial charge in [0.25, 0.3) is 0 Å². The zero-order valence-electron chi connectivity index (χ0n) is 15.4. The van der Waals surface area contributed by atoms with Crippen molar-refractivity contribution in [3.63, 3.8) is 0 Å². The summed E-state index contributed by atoms with van der Waals surface area (Å²) in [6.07, 6.45) is 4.89. The minimum Gasteiger partial charge on any atom is -0.497 e. The topological polar surface area (TPSA) is 65.4 Å². The molecule has 2 aromatic rings. The van der Waals surface area contributed by atoms with E-state index in [9.17, 15) is 4.79 Å². The monoisotopic (exact) mass is 345 g/mol. The minimum atomic E-state index is -0.482. The van der Waals surface area contributed by atoms with Crippen LogP contribution in [0.4, 0.5) is 4.79 Å². The number of hydrogen-bond acceptors (Lipinski definition) is 4. The summed E-state index contributed by atoms with van der Waals surface area (Å²) < 4.78 is 12.5. The number of aromatic nitrogens is 2. The van der Waals surface area contributed by atoms with Gasteiger partial charge in [-0.05, 0) is 44.9 Å². The van der Waals surface area contributed by atoms with Gasteiger partial charge in [0.15, 0.2) is 0 Å². The number of imidazole rings is 1. The van der Waals surface area contributed by atoms with Crippen molar-refractivity contribution in [1.29, 1.82) is 0 Å². The van der Waals surface area contributed by atoms with Gasteiger partial charge in [-0.1, -0.05) is 12.1 Å². The maximum Gasteiger partial charge on any atom is 0.407 e. The summed E-state index contributed by atoms with van der Waals surface area (Å²) in [6.45, 7) is 6.90. The van der Waals surface area contributed by atoms with Crippen LogP contribution in [0.3, 0.4) is 0 Å². The number of alkyl carbamates (subject to hydrolysis) is 1.